The van der Waals surface area contributed by atoms with Crippen LogP contribution in [0.5, 0.6) is 0 Å². The van der Waals surface area contributed by atoms with Crippen molar-refractivity contribution in [3.8, 4) is 17.1 Å². The minimum Gasteiger partial charge on any atom is -0.321 e. The number of aryl methyl sites for hydroxylation is 2. The van der Waals surface area contributed by atoms with E-state index in [1.165, 1.54) is 23.1 Å². The molecule has 0 saturated heterocycles. The molecule has 0 aliphatic heterocycles. The Morgan fingerprint density at radius 3 is 2.61 bits per heavy atom. The molecule has 3 heterocycles. The summed E-state index contributed by atoms with van der Waals surface area (Å²) in [6.07, 6.45) is 3.45. The van der Waals surface area contributed by atoms with E-state index in [-0.39, 0.29) is 5.91 Å². The Labute approximate surface area is 221 Å². The Balaban J connectivity index is 1.38. The maximum Gasteiger partial charge on any atom is 0.275 e. The van der Waals surface area contributed by atoms with Crippen molar-refractivity contribution in [3.05, 3.63) is 99.2 Å². The highest BCUT2D eigenvalue weighted by Gasteiger charge is 2.19. The first-order valence-electron chi connectivity index (χ1n) is 11.1. The quantitative estimate of drug-likeness (QED) is 0.238. The van der Waals surface area contributed by atoms with Crippen LogP contribution in [0.1, 0.15) is 26.6 Å². The lowest BCUT2D eigenvalue weighted by atomic mass is 10.2. The molecule has 0 aliphatic carbocycles. The lowest BCUT2D eigenvalue weighted by molar-refractivity contribution is 0.102. The van der Waals surface area contributed by atoms with Crippen molar-refractivity contribution in [2.24, 2.45) is 0 Å². The van der Waals surface area contributed by atoms with Crippen molar-refractivity contribution in [2.45, 2.75) is 24.8 Å². The molecule has 1 amide bonds. The largest absolute Gasteiger partial charge is 0.321 e. The SMILES string of the molecule is Cc1ccc(NC(=O)c2csc(CSc3nnc(-c4ccncc4)n3-c3cc(Cl)ccc3C)n2)cc1. The highest BCUT2D eigenvalue weighted by atomic mass is 35.5. The van der Waals surface area contributed by atoms with Crippen LogP contribution in [-0.4, -0.2) is 30.6 Å². The van der Waals surface area contributed by atoms with Crippen LogP contribution in [0.15, 0.2) is 77.5 Å². The van der Waals surface area contributed by atoms with Gasteiger partial charge >= 0.3 is 0 Å². The minimum atomic E-state index is -0.232. The van der Waals surface area contributed by atoms with E-state index in [2.05, 4.69) is 25.5 Å². The van der Waals surface area contributed by atoms with Gasteiger partial charge in [0.05, 0.1) is 11.4 Å². The van der Waals surface area contributed by atoms with E-state index in [4.69, 9.17) is 11.6 Å². The molecule has 5 aromatic rings. The number of carbonyl (C=O) groups excluding carboxylic acids is 1. The summed E-state index contributed by atoms with van der Waals surface area (Å²) in [5.41, 5.74) is 5.10. The van der Waals surface area contributed by atoms with Gasteiger partial charge in [0.2, 0.25) is 0 Å². The van der Waals surface area contributed by atoms with Crippen LogP contribution in [-0.2, 0) is 5.75 Å². The van der Waals surface area contributed by atoms with Crippen LogP contribution in [0.2, 0.25) is 5.02 Å². The number of hydrogen-bond acceptors (Lipinski definition) is 7. The summed E-state index contributed by atoms with van der Waals surface area (Å²) in [6.45, 7) is 4.03. The highest BCUT2D eigenvalue weighted by molar-refractivity contribution is 7.98. The maximum atomic E-state index is 12.6. The molecule has 0 saturated carbocycles. The second-order valence-electron chi connectivity index (χ2n) is 8.04. The predicted octanol–water partition coefficient (Wildman–Crippen LogP) is 6.60. The number of carbonyl (C=O) groups is 1. The first-order valence-corrected chi connectivity index (χ1v) is 13.3. The van der Waals surface area contributed by atoms with Crippen molar-refractivity contribution >= 4 is 46.3 Å². The molecule has 2 aromatic carbocycles. The maximum absolute atomic E-state index is 12.6. The summed E-state index contributed by atoms with van der Waals surface area (Å²) in [6, 6.07) is 17.2. The second kappa shape index (κ2) is 10.6. The zero-order valence-corrected chi connectivity index (χ0v) is 21.9. The molecule has 0 spiro atoms. The van der Waals surface area contributed by atoms with Crippen LogP contribution < -0.4 is 5.32 Å². The monoisotopic (exact) mass is 532 g/mol. The van der Waals surface area contributed by atoms with Gasteiger partial charge in [-0.25, -0.2) is 4.98 Å². The molecule has 0 radical (unpaired) electrons. The number of anilines is 1. The van der Waals surface area contributed by atoms with E-state index in [1.807, 2.05) is 73.0 Å². The standard InChI is InChI=1S/C26H21ClN6OS2/c1-16-3-7-20(8-4-16)29-25(34)21-14-35-23(30-21)15-36-26-32-31-24(18-9-11-28-12-10-18)33(26)22-13-19(27)6-5-17(22)2/h3-14H,15H2,1-2H3,(H,29,34). The number of hydrogen-bond donors (Lipinski definition) is 1. The van der Waals surface area contributed by atoms with Crippen LogP contribution >= 0.6 is 34.7 Å². The zero-order chi connectivity index (χ0) is 25.1. The smallest absolute Gasteiger partial charge is 0.275 e. The number of nitrogens with zero attached hydrogens (tertiary/aromatic N) is 5. The summed E-state index contributed by atoms with van der Waals surface area (Å²) < 4.78 is 2.00. The number of pyridine rings is 1. The fourth-order valence-corrected chi connectivity index (χ4v) is 5.44. The average Bonchev–Trinajstić information content (AvgIpc) is 3.53. The number of thioether (sulfide) groups is 1. The Kier molecular flexibility index (Phi) is 7.13. The van der Waals surface area contributed by atoms with Gasteiger partial charge in [-0.05, 0) is 55.8 Å². The molecular weight excluding hydrogens is 512 g/mol. The first-order chi connectivity index (χ1) is 17.5. The van der Waals surface area contributed by atoms with Gasteiger partial charge in [0.25, 0.3) is 5.91 Å². The average molecular weight is 533 g/mol. The summed E-state index contributed by atoms with van der Waals surface area (Å²) in [4.78, 5) is 21.3. The van der Waals surface area contributed by atoms with Crippen molar-refractivity contribution < 1.29 is 4.79 Å². The number of benzene rings is 2. The molecule has 36 heavy (non-hydrogen) atoms. The summed E-state index contributed by atoms with van der Waals surface area (Å²) in [5, 5.41) is 15.8. The lowest BCUT2D eigenvalue weighted by Crippen LogP contribution is -2.12. The summed E-state index contributed by atoms with van der Waals surface area (Å²) in [7, 11) is 0. The Morgan fingerprint density at radius 2 is 1.83 bits per heavy atom. The normalized spacial score (nSPS) is 11.0. The Morgan fingerprint density at radius 1 is 1.06 bits per heavy atom. The fraction of sp³-hybridized carbons (Fsp3) is 0.115. The summed E-state index contributed by atoms with van der Waals surface area (Å²) >= 11 is 9.28. The van der Waals surface area contributed by atoms with Crippen molar-refractivity contribution in [1.82, 2.24) is 24.7 Å². The van der Waals surface area contributed by atoms with Crippen LogP contribution in [0.4, 0.5) is 5.69 Å². The van der Waals surface area contributed by atoms with Gasteiger partial charge in [-0.1, -0.05) is 47.1 Å². The molecule has 3 aromatic heterocycles. The van der Waals surface area contributed by atoms with Gasteiger partial charge in [-0.15, -0.1) is 21.5 Å². The summed E-state index contributed by atoms with van der Waals surface area (Å²) in [5.74, 6) is 1.00. The molecule has 0 bridgehead atoms. The van der Waals surface area contributed by atoms with E-state index in [1.54, 1.807) is 17.8 Å². The number of thiazole rings is 1. The Bertz CT molecular complexity index is 1520. The number of aromatic nitrogens is 5. The number of amides is 1. The van der Waals surface area contributed by atoms with Gasteiger partial charge in [-0.3, -0.25) is 14.3 Å². The zero-order valence-electron chi connectivity index (χ0n) is 19.5. The van der Waals surface area contributed by atoms with Crippen LogP contribution in [0.25, 0.3) is 17.1 Å². The van der Waals surface area contributed by atoms with E-state index >= 15 is 0 Å². The molecule has 0 atom stereocenters. The van der Waals surface area contributed by atoms with Crippen molar-refractivity contribution in [1.29, 1.82) is 0 Å². The molecule has 0 fully saturated rings. The molecule has 0 unspecified atom stereocenters. The molecule has 10 heteroatoms. The molecule has 5 rings (SSSR count). The third kappa shape index (κ3) is 5.33. The molecule has 1 N–H and O–H groups in total. The third-order valence-corrected chi connectivity index (χ3v) is 7.61. The van der Waals surface area contributed by atoms with Gasteiger partial charge in [0, 0.05) is 34.0 Å². The van der Waals surface area contributed by atoms with Gasteiger partial charge in [0.15, 0.2) is 11.0 Å². The van der Waals surface area contributed by atoms with E-state index in [0.29, 0.717) is 27.5 Å². The van der Waals surface area contributed by atoms with E-state index in [0.717, 1.165) is 33.1 Å². The van der Waals surface area contributed by atoms with Gasteiger partial charge in [-0.2, -0.15) is 0 Å². The van der Waals surface area contributed by atoms with Gasteiger partial charge < -0.3 is 5.32 Å². The second-order valence-corrected chi connectivity index (χ2v) is 10.4. The lowest BCUT2D eigenvalue weighted by Gasteiger charge is -2.13. The third-order valence-electron chi connectivity index (χ3n) is 5.40. The van der Waals surface area contributed by atoms with Crippen molar-refractivity contribution in [3.63, 3.8) is 0 Å². The van der Waals surface area contributed by atoms with Crippen LogP contribution in [0, 0.1) is 13.8 Å². The first kappa shape index (κ1) is 24.2. The van der Waals surface area contributed by atoms with Crippen LogP contribution in [0.3, 0.4) is 0 Å². The topological polar surface area (TPSA) is 85.6 Å². The molecule has 180 valence electrons. The Hall–Kier alpha value is -3.53. The fourth-order valence-electron chi connectivity index (χ4n) is 3.53. The molecule has 7 nitrogen and oxygen atoms in total. The minimum absolute atomic E-state index is 0.232. The molecular formula is C26H21ClN6OS2. The van der Waals surface area contributed by atoms with E-state index in [9.17, 15) is 4.79 Å². The van der Waals surface area contributed by atoms with Gasteiger partial charge in [0.1, 0.15) is 10.7 Å². The highest BCUT2D eigenvalue weighted by Crippen LogP contribution is 2.32. The van der Waals surface area contributed by atoms with Crippen molar-refractivity contribution in [2.75, 3.05) is 5.32 Å². The predicted molar refractivity (Wildman–Crippen MR) is 145 cm³/mol. The number of nitrogens with one attached hydrogen (secondary N) is 1. The number of halogens is 1. The number of rotatable bonds is 7. The van der Waals surface area contributed by atoms with E-state index < -0.39 is 0 Å². The molecule has 0 aliphatic rings.